The summed E-state index contributed by atoms with van der Waals surface area (Å²) in [7, 11) is 0. The summed E-state index contributed by atoms with van der Waals surface area (Å²) in [4.78, 5) is 11.3. The Hall–Kier alpha value is -2.61. The van der Waals surface area contributed by atoms with E-state index in [9.17, 15) is 4.79 Å². The maximum Gasteiger partial charge on any atom is 0.194 e. The molecular weight excluding hydrogens is 248 g/mol. The lowest BCUT2D eigenvalue weighted by Crippen LogP contribution is -1.86. The molecule has 1 heterocycles. The van der Waals surface area contributed by atoms with E-state index < -0.39 is 0 Å². The van der Waals surface area contributed by atoms with E-state index in [1.165, 1.54) is 6.92 Å². The van der Waals surface area contributed by atoms with Gasteiger partial charge in [0.1, 0.15) is 5.76 Å². The van der Waals surface area contributed by atoms with Crippen molar-refractivity contribution in [1.29, 1.82) is 0 Å². The zero-order valence-corrected chi connectivity index (χ0v) is 11.2. The van der Waals surface area contributed by atoms with Gasteiger partial charge in [-0.05, 0) is 29.3 Å². The van der Waals surface area contributed by atoms with Crippen LogP contribution in [0.2, 0.25) is 0 Å². The molecule has 2 nitrogen and oxygen atoms in total. The molecule has 0 saturated heterocycles. The fraction of sp³-hybridized carbons (Fsp3) is 0.0556. The second kappa shape index (κ2) is 5.17. The van der Waals surface area contributed by atoms with E-state index in [0.717, 1.165) is 16.7 Å². The molecule has 0 fully saturated rings. The molecule has 0 spiro atoms. The van der Waals surface area contributed by atoms with E-state index in [4.69, 9.17) is 4.42 Å². The fourth-order valence-corrected chi connectivity index (χ4v) is 2.16. The van der Waals surface area contributed by atoms with Gasteiger partial charge in [0, 0.05) is 12.5 Å². The SMILES string of the molecule is CC(=O)c1ccc(-c2cccc(-c3ccccc3)c2)o1. The van der Waals surface area contributed by atoms with Crippen molar-refractivity contribution < 1.29 is 9.21 Å². The van der Waals surface area contributed by atoms with Gasteiger partial charge in [0.05, 0.1) is 0 Å². The van der Waals surface area contributed by atoms with Crippen LogP contribution in [0, 0.1) is 0 Å². The topological polar surface area (TPSA) is 30.2 Å². The van der Waals surface area contributed by atoms with Gasteiger partial charge in [-0.2, -0.15) is 0 Å². The molecule has 0 aliphatic rings. The van der Waals surface area contributed by atoms with Crippen molar-refractivity contribution in [3.05, 3.63) is 72.5 Å². The molecule has 0 saturated carbocycles. The van der Waals surface area contributed by atoms with E-state index in [2.05, 4.69) is 24.3 Å². The highest BCUT2D eigenvalue weighted by atomic mass is 16.3. The average Bonchev–Trinajstić information content (AvgIpc) is 2.98. The van der Waals surface area contributed by atoms with Gasteiger partial charge < -0.3 is 4.42 Å². The Bertz CT molecular complexity index is 739. The van der Waals surface area contributed by atoms with Gasteiger partial charge in [-0.1, -0.05) is 48.5 Å². The molecule has 0 amide bonds. The standard InChI is InChI=1S/C18H14O2/c1-13(19)17-10-11-18(20-17)16-9-5-8-15(12-16)14-6-3-2-4-7-14/h2-12H,1H3. The van der Waals surface area contributed by atoms with Crippen LogP contribution < -0.4 is 0 Å². The van der Waals surface area contributed by atoms with Gasteiger partial charge in [0.2, 0.25) is 0 Å². The number of carbonyl (C=O) groups is 1. The molecule has 2 aromatic carbocycles. The van der Waals surface area contributed by atoms with E-state index in [-0.39, 0.29) is 5.78 Å². The highest BCUT2D eigenvalue weighted by Crippen LogP contribution is 2.27. The quantitative estimate of drug-likeness (QED) is 0.634. The fourth-order valence-electron chi connectivity index (χ4n) is 2.16. The Balaban J connectivity index is 2.01. The molecule has 3 aromatic rings. The summed E-state index contributed by atoms with van der Waals surface area (Å²) in [6.45, 7) is 1.50. The van der Waals surface area contributed by atoms with Crippen LogP contribution in [-0.4, -0.2) is 5.78 Å². The van der Waals surface area contributed by atoms with Crippen LogP contribution in [0.25, 0.3) is 22.5 Å². The predicted octanol–water partition coefficient (Wildman–Crippen LogP) is 4.82. The molecule has 3 rings (SSSR count). The first kappa shape index (κ1) is 12.4. The van der Waals surface area contributed by atoms with Crippen LogP contribution in [0.15, 0.2) is 71.1 Å². The summed E-state index contributed by atoms with van der Waals surface area (Å²) in [5.41, 5.74) is 3.26. The smallest absolute Gasteiger partial charge is 0.194 e. The van der Waals surface area contributed by atoms with Gasteiger partial charge in [-0.25, -0.2) is 0 Å². The van der Waals surface area contributed by atoms with E-state index in [0.29, 0.717) is 11.5 Å². The first-order valence-corrected chi connectivity index (χ1v) is 6.51. The minimum atomic E-state index is -0.0598. The lowest BCUT2D eigenvalue weighted by Gasteiger charge is -2.03. The van der Waals surface area contributed by atoms with Crippen molar-refractivity contribution >= 4 is 5.78 Å². The largest absolute Gasteiger partial charge is 0.453 e. The highest BCUT2D eigenvalue weighted by molar-refractivity contribution is 5.91. The number of benzene rings is 2. The van der Waals surface area contributed by atoms with Gasteiger partial charge in [0.15, 0.2) is 11.5 Å². The second-order valence-electron chi connectivity index (χ2n) is 4.67. The number of rotatable bonds is 3. The van der Waals surface area contributed by atoms with Crippen molar-refractivity contribution in [3.63, 3.8) is 0 Å². The number of furan rings is 1. The maximum atomic E-state index is 11.3. The summed E-state index contributed by atoms with van der Waals surface area (Å²) in [6.07, 6.45) is 0. The Morgan fingerprint density at radius 2 is 1.50 bits per heavy atom. The van der Waals surface area contributed by atoms with Crippen molar-refractivity contribution in [2.24, 2.45) is 0 Å². The Morgan fingerprint density at radius 3 is 2.20 bits per heavy atom. The van der Waals surface area contributed by atoms with Crippen molar-refractivity contribution in [1.82, 2.24) is 0 Å². The molecule has 0 aliphatic heterocycles. The molecule has 0 radical (unpaired) electrons. The third-order valence-corrected chi connectivity index (χ3v) is 3.21. The molecule has 0 unspecified atom stereocenters. The molecule has 0 aliphatic carbocycles. The minimum absolute atomic E-state index is 0.0598. The zero-order chi connectivity index (χ0) is 13.9. The van der Waals surface area contributed by atoms with E-state index >= 15 is 0 Å². The predicted molar refractivity (Wildman–Crippen MR) is 79.6 cm³/mol. The van der Waals surface area contributed by atoms with Crippen LogP contribution in [0.1, 0.15) is 17.5 Å². The molecular formula is C18H14O2. The van der Waals surface area contributed by atoms with Gasteiger partial charge in [0.25, 0.3) is 0 Å². The summed E-state index contributed by atoms with van der Waals surface area (Å²) in [5.74, 6) is 1.05. The average molecular weight is 262 g/mol. The minimum Gasteiger partial charge on any atom is -0.453 e. The molecule has 98 valence electrons. The van der Waals surface area contributed by atoms with Crippen molar-refractivity contribution in [3.8, 4) is 22.5 Å². The molecule has 0 atom stereocenters. The van der Waals surface area contributed by atoms with E-state index in [1.807, 2.05) is 36.4 Å². The third kappa shape index (κ3) is 2.41. The number of hydrogen-bond acceptors (Lipinski definition) is 2. The highest BCUT2D eigenvalue weighted by Gasteiger charge is 2.08. The lowest BCUT2D eigenvalue weighted by molar-refractivity contribution is 0.0988. The number of ketones is 1. The van der Waals surface area contributed by atoms with Gasteiger partial charge in [-0.15, -0.1) is 0 Å². The van der Waals surface area contributed by atoms with E-state index in [1.54, 1.807) is 6.07 Å². The zero-order valence-electron chi connectivity index (χ0n) is 11.2. The first-order chi connectivity index (χ1) is 9.74. The first-order valence-electron chi connectivity index (χ1n) is 6.51. The monoisotopic (exact) mass is 262 g/mol. The number of Topliss-reactive ketones (excluding diaryl/α,β-unsaturated/α-hetero) is 1. The normalized spacial score (nSPS) is 10.4. The maximum absolute atomic E-state index is 11.3. The van der Waals surface area contributed by atoms with Crippen LogP contribution >= 0.6 is 0 Å². The molecule has 0 bridgehead atoms. The van der Waals surface area contributed by atoms with Crippen LogP contribution in [0.5, 0.6) is 0 Å². The molecule has 1 aromatic heterocycles. The summed E-state index contributed by atoms with van der Waals surface area (Å²) < 4.78 is 5.57. The van der Waals surface area contributed by atoms with Crippen molar-refractivity contribution in [2.45, 2.75) is 6.92 Å². The Morgan fingerprint density at radius 1 is 0.800 bits per heavy atom. The Labute approximate surface area is 117 Å². The summed E-state index contributed by atoms with van der Waals surface area (Å²) in [5, 5.41) is 0. The van der Waals surface area contributed by atoms with Gasteiger partial charge in [-0.3, -0.25) is 4.79 Å². The molecule has 20 heavy (non-hydrogen) atoms. The second-order valence-corrected chi connectivity index (χ2v) is 4.67. The number of hydrogen-bond donors (Lipinski definition) is 0. The third-order valence-electron chi connectivity index (χ3n) is 3.21. The summed E-state index contributed by atoms with van der Waals surface area (Å²) >= 11 is 0. The lowest BCUT2D eigenvalue weighted by atomic mass is 10.0. The van der Waals surface area contributed by atoms with Crippen LogP contribution in [-0.2, 0) is 0 Å². The van der Waals surface area contributed by atoms with Crippen molar-refractivity contribution in [2.75, 3.05) is 0 Å². The molecule has 0 N–H and O–H groups in total. The summed E-state index contributed by atoms with van der Waals surface area (Å²) in [6, 6.07) is 21.8. The Kier molecular flexibility index (Phi) is 3.21. The van der Waals surface area contributed by atoms with Crippen LogP contribution in [0.4, 0.5) is 0 Å². The number of carbonyl (C=O) groups excluding carboxylic acids is 1. The van der Waals surface area contributed by atoms with Crippen LogP contribution in [0.3, 0.4) is 0 Å². The van der Waals surface area contributed by atoms with Gasteiger partial charge >= 0.3 is 0 Å². The molecule has 2 heteroatoms.